The van der Waals surface area contributed by atoms with Crippen LogP contribution in [0.2, 0.25) is 0 Å². The molecule has 3 rings (SSSR count). The Balaban J connectivity index is 1.76. The molecule has 2 fully saturated rings. The summed E-state index contributed by atoms with van der Waals surface area (Å²) in [5.41, 5.74) is 0.285. The maximum atomic E-state index is 5.98. The number of rotatable bonds is 2. The van der Waals surface area contributed by atoms with Gasteiger partial charge in [0.05, 0.1) is 6.20 Å². The van der Waals surface area contributed by atoms with Crippen LogP contribution < -0.4 is 5.32 Å². The normalized spacial score (nSPS) is 28.7. The Morgan fingerprint density at radius 2 is 2.31 bits per heavy atom. The van der Waals surface area contributed by atoms with Gasteiger partial charge in [0.25, 0.3) is 0 Å². The zero-order chi connectivity index (χ0) is 11.0. The monoisotopic (exact) mass is 220 g/mol. The van der Waals surface area contributed by atoms with Gasteiger partial charge in [-0.1, -0.05) is 13.3 Å². The van der Waals surface area contributed by atoms with Crippen molar-refractivity contribution in [1.82, 2.24) is 10.3 Å². The van der Waals surface area contributed by atoms with Gasteiger partial charge < -0.3 is 9.73 Å². The van der Waals surface area contributed by atoms with E-state index in [0.29, 0.717) is 5.92 Å². The fourth-order valence-electron chi connectivity index (χ4n) is 2.77. The first kappa shape index (κ1) is 10.3. The van der Waals surface area contributed by atoms with Gasteiger partial charge in [0.1, 0.15) is 5.76 Å². The van der Waals surface area contributed by atoms with Crippen LogP contribution in [0.5, 0.6) is 0 Å². The SMILES string of the molecule is CC1(c2cnc(C3CCCNC3)o2)CCC1. The molecule has 1 aromatic heterocycles. The molecular weight excluding hydrogens is 200 g/mol. The van der Waals surface area contributed by atoms with E-state index in [9.17, 15) is 0 Å². The second-order valence-corrected chi connectivity index (χ2v) is 5.52. The molecule has 2 aliphatic rings. The Hall–Kier alpha value is -0.830. The van der Waals surface area contributed by atoms with E-state index >= 15 is 0 Å². The van der Waals surface area contributed by atoms with E-state index in [1.54, 1.807) is 0 Å². The molecule has 1 N–H and O–H groups in total. The lowest BCUT2D eigenvalue weighted by atomic mass is 9.69. The fourth-order valence-corrected chi connectivity index (χ4v) is 2.77. The summed E-state index contributed by atoms with van der Waals surface area (Å²) in [6, 6.07) is 0. The molecule has 3 nitrogen and oxygen atoms in total. The maximum Gasteiger partial charge on any atom is 0.198 e. The molecule has 88 valence electrons. The zero-order valence-corrected chi connectivity index (χ0v) is 9.96. The van der Waals surface area contributed by atoms with Gasteiger partial charge in [-0.15, -0.1) is 0 Å². The highest BCUT2D eigenvalue weighted by molar-refractivity contribution is 5.15. The van der Waals surface area contributed by atoms with Crippen LogP contribution in [0.15, 0.2) is 10.6 Å². The molecule has 1 saturated heterocycles. The predicted octanol–water partition coefficient (Wildman–Crippen LogP) is 2.58. The molecule has 0 bridgehead atoms. The Bertz CT molecular complexity index is 362. The van der Waals surface area contributed by atoms with Crippen molar-refractivity contribution in [3.8, 4) is 0 Å². The van der Waals surface area contributed by atoms with E-state index in [1.807, 2.05) is 6.20 Å². The smallest absolute Gasteiger partial charge is 0.198 e. The molecule has 1 unspecified atom stereocenters. The minimum absolute atomic E-state index is 0.285. The Morgan fingerprint density at radius 1 is 1.44 bits per heavy atom. The number of nitrogens with one attached hydrogen (secondary N) is 1. The molecule has 0 aromatic carbocycles. The summed E-state index contributed by atoms with van der Waals surface area (Å²) in [4.78, 5) is 4.48. The Kier molecular flexibility index (Phi) is 2.51. The maximum absolute atomic E-state index is 5.98. The summed E-state index contributed by atoms with van der Waals surface area (Å²) in [7, 11) is 0. The Morgan fingerprint density at radius 3 is 2.94 bits per heavy atom. The van der Waals surface area contributed by atoms with Crippen LogP contribution in [0.4, 0.5) is 0 Å². The van der Waals surface area contributed by atoms with Crippen molar-refractivity contribution >= 4 is 0 Å². The van der Waals surface area contributed by atoms with Crippen LogP contribution in [0.3, 0.4) is 0 Å². The fraction of sp³-hybridized carbons (Fsp3) is 0.769. The van der Waals surface area contributed by atoms with E-state index in [-0.39, 0.29) is 5.41 Å². The van der Waals surface area contributed by atoms with Crippen LogP contribution in [-0.2, 0) is 5.41 Å². The molecule has 1 saturated carbocycles. The summed E-state index contributed by atoms with van der Waals surface area (Å²) >= 11 is 0. The van der Waals surface area contributed by atoms with E-state index < -0.39 is 0 Å². The predicted molar refractivity (Wildman–Crippen MR) is 62.6 cm³/mol. The van der Waals surface area contributed by atoms with Gasteiger partial charge in [0.15, 0.2) is 5.89 Å². The van der Waals surface area contributed by atoms with Crippen LogP contribution in [0, 0.1) is 0 Å². The van der Waals surface area contributed by atoms with E-state index in [1.165, 1.54) is 32.1 Å². The molecule has 1 aromatic rings. The number of piperidine rings is 1. The quantitative estimate of drug-likeness (QED) is 0.832. The number of aromatic nitrogens is 1. The third-order valence-corrected chi connectivity index (χ3v) is 4.22. The number of nitrogens with zero attached hydrogens (tertiary/aromatic N) is 1. The van der Waals surface area contributed by atoms with Gasteiger partial charge in [-0.05, 0) is 32.2 Å². The lowest BCUT2D eigenvalue weighted by molar-refractivity contribution is 0.214. The molecule has 1 atom stereocenters. The highest BCUT2D eigenvalue weighted by Gasteiger charge is 2.37. The van der Waals surface area contributed by atoms with Crippen molar-refractivity contribution in [3.63, 3.8) is 0 Å². The minimum Gasteiger partial charge on any atom is -0.445 e. The summed E-state index contributed by atoms with van der Waals surface area (Å²) < 4.78 is 5.98. The number of hydrogen-bond donors (Lipinski definition) is 1. The van der Waals surface area contributed by atoms with Crippen LogP contribution in [0.25, 0.3) is 0 Å². The highest BCUT2D eigenvalue weighted by atomic mass is 16.4. The average Bonchev–Trinajstić information content (AvgIpc) is 2.77. The first-order valence-electron chi connectivity index (χ1n) is 6.45. The first-order valence-corrected chi connectivity index (χ1v) is 6.45. The van der Waals surface area contributed by atoms with Gasteiger partial charge in [-0.25, -0.2) is 4.98 Å². The van der Waals surface area contributed by atoms with Crippen molar-refractivity contribution in [2.45, 2.75) is 50.4 Å². The standard InChI is InChI=1S/C13H20N2O/c1-13(5-3-6-13)11-9-15-12(16-11)10-4-2-7-14-8-10/h9-10,14H,2-8H2,1H3. The lowest BCUT2D eigenvalue weighted by Gasteiger charge is -2.35. The summed E-state index contributed by atoms with van der Waals surface area (Å²) in [5, 5.41) is 3.41. The van der Waals surface area contributed by atoms with Crippen LogP contribution in [-0.4, -0.2) is 18.1 Å². The van der Waals surface area contributed by atoms with Crippen molar-refractivity contribution in [3.05, 3.63) is 17.8 Å². The van der Waals surface area contributed by atoms with Crippen LogP contribution in [0.1, 0.15) is 56.6 Å². The molecule has 0 radical (unpaired) electrons. The van der Waals surface area contributed by atoms with Gasteiger partial charge in [0.2, 0.25) is 0 Å². The highest BCUT2D eigenvalue weighted by Crippen LogP contribution is 2.43. The van der Waals surface area contributed by atoms with E-state index in [4.69, 9.17) is 4.42 Å². The van der Waals surface area contributed by atoms with Gasteiger partial charge in [-0.2, -0.15) is 0 Å². The molecule has 1 aliphatic heterocycles. The van der Waals surface area contributed by atoms with Crippen molar-refractivity contribution in [2.24, 2.45) is 0 Å². The zero-order valence-electron chi connectivity index (χ0n) is 9.96. The third-order valence-electron chi connectivity index (χ3n) is 4.22. The van der Waals surface area contributed by atoms with Crippen molar-refractivity contribution in [1.29, 1.82) is 0 Å². The second kappa shape index (κ2) is 3.88. The molecule has 1 aliphatic carbocycles. The van der Waals surface area contributed by atoms with E-state index in [2.05, 4.69) is 17.2 Å². The average molecular weight is 220 g/mol. The Labute approximate surface area is 96.6 Å². The van der Waals surface area contributed by atoms with Gasteiger partial charge in [-0.3, -0.25) is 0 Å². The molecule has 3 heteroatoms. The minimum atomic E-state index is 0.285. The van der Waals surface area contributed by atoms with Crippen molar-refractivity contribution < 1.29 is 4.42 Å². The molecule has 2 heterocycles. The van der Waals surface area contributed by atoms with Crippen molar-refractivity contribution in [2.75, 3.05) is 13.1 Å². The first-order chi connectivity index (χ1) is 7.78. The summed E-state index contributed by atoms with van der Waals surface area (Å²) in [5.74, 6) is 2.56. The lowest BCUT2D eigenvalue weighted by Crippen LogP contribution is -2.30. The second-order valence-electron chi connectivity index (χ2n) is 5.52. The van der Waals surface area contributed by atoms with Gasteiger partial charge >= 0.3 is 0 Å². The molecular formula is C13H20N2O. The largest absolute Gasteiger partial charge is 0.445 e. The summed E-state index contributed by atoms with van der Waals surface area (Å²) in [6.07, 6.45) is 8.25. The molecule has 16 heavy (non-hydrogen) atoms. The molecule has 0 amide bonds. The molecule has 0 spiro atoms. The summed E-state index contributed by atoms with van der Waals surface area (Å²) in [6.45, 7) is 4.46. The van der Waals surface area contributed by atoms with Gasteiger partial charge in [0, 0.05) is 17.9 Å². The number of hydrogen-bond acceptors (Lipinski definition) is 3. The topological polar surface area (TPSA) is 38.1 Å². The van der Waals surface area contributed by atoms with E-state index in [0.717, 1.165) is 24.7 Å². The third kappa shape index (κ3) is 1.67. The number of oxazole rings is 1. The van der Waals surface area contributed by atoms with Crippen LogP contribution >= 0.6 is 0 Å².